The van der Waals surface area contributed by atoms with Crippen molar-refractivity contribution < 1.29 is 52.1 Å². The van der Waals surface area contributed by atoms with Crippen molar-refractivity contribution in [1.82, 2.24) is 0 Å². The summed E-state index contributed by atoms with van der Waals surface area (Å²) in [6, 6.07) is 16.3. The molecule has 0 bridgehead atoms. The van der Waals surface area contributed by atoms with Crippen molar-refractivity contribution in [2.45, 2.75) is 4.90 Å². The van der Waals surface area contributed by atoms with E-state index in [0.29, 0.717) is 28.1 Å². The molecule has 0 spiro atoms. The number of anilines is 1. The summed E-state index contributed by atoms with van der Waals surface area (Å²) < 4.78 is 32.7. The summed E-state index contributed by atoms with van der Waals surface area (Å²) >= 11 is 0. The average Bonchev–Trinajstić information content (AvgIpc) is 2.72. The molecule has 0 heterocycles. The first-order valence-electron chi connectivity index (χ1n) is 8.40. The van der Waals surface area contributed by atoms with Crippen LogP contribution in [0.4, 0.5) is 11.4 Å². The molecule has 3 aromatic rings. The van der Waals surface area contributed by atoms with Crippen molar-refractivity contribution in [3.05, 3.63) is 89.0 Å². The van der Waals surface area contributed by atoms with Crippen LogP contribution in [-0.4, -0.2) is 24.5 Å². The molecule has 30 heavy (non-hydrogen) atoms. The molecular formula is C20H12N3NaO5S. The first kappa shape index (κ1) is 22.0. The smallest absolute Gasteiger partial charge is 0.744 e. The number of nitrogens with zero attached hydrogens (tertiary/aromatic N) is 2. The minimum Gasteiger partial charge on any atom is -0.744 e. The van der Waals surface area contributed by atoms with Gasteiger partial charge in [-0.15, -0.1) is 5.11 Å². The zero-order valence-electron chi connectivity index (χ0n) is 15.7. The molecule has 0 atom stereocenters. The van der Waals surface area contributed by atoms with Gasteiger partial charge in [0.2, 0.25) is 0 Å². The van der Waals surface area contributed by atoms with E-state index in [1.807, 2.05) is 0 Å². The standard InChI is InChI=1S/C20H13N3O5S.Na/c24-19-15-3-1-2-4-16(15)20(25)18-11-13(7-10-17(18)19)22-23-21-12-5-8-14(9-6-12)29(26,27)28;/h1-11H,(H,21,22)(H,26,27,28);/q;+1/p-1. The molecule has 0 saturated heterocycles. The van der Waals surface area contributed by atoms with Crippen LogP contribution in [0.2, 0.25) is 0 Å². The average molecular weight is 429 g/mol. The van der Waals surface area contributed by atoms with Crippen molar-refractivity contribution >= 4 is 33.1 Å². The Labute approximate surface area is 194 Å². The molecule has 1 aliphatic rings. The SMILES string of the molecule is O=C1c2ccccc2C(=O)c2cc(NN=Nc3ccc(S(=O)(=O)[O-])cc3)ccc21.[Na+]. The number of carbonyl (C=O) groups excluding carboxylic acids is 2. The first-order chi connectivity index (χ1) is 13.8. The molecule has 0 amide bonds. The van der Waals surface area contributed by atoms with Gasteiger partial charge in [0.25, 0.3) is 0 Å². The Kier molecular flexibility index (Phi) is 6.30. The number of hydrogen-bond acceptors (Lipinski definition) is 7. The fraction of sp³-hybridized carbons (Fsp3) is 0. The molecule has 144 valence electrons. The van der Waals surface area contributed by atoms with E-state index in [-0.39, 0.29) is 51.6 Å². The number of nitrogens with one attached hydrogen (secondary N) is 1. The maximum atomic E-state index is 12.7. The Morgan fingerprint density at radius 2 is 1.33 bits per heavy atom. The van der Waals surface area contributed by atoms with Crippen LogP contribution in [0, 0.1) is 0 Å². The minimum absolute atomic E-state index is 0. The molecule has 0 aliphatic heterocycles. The van der Waals surface area contributed by atoms with Crippen LogP contribution in [-0.2, 0) is 10.1 Å². The molecule has 8 nitrogen and oxygen atoms in total. The molecule has 1 N–H and O–H groups in total. The van der Waals surface area contributed by atoms with Gasteiger partial charge in [0, 0.05) is 22.3 Å². The molecule has 0 saturated carbocycles. The van der Waals surface area contributed by atoms with Gasteiger partial charge in [0.1, 0.15) is 10.1 Å². The van der Waals surface area contributed by atoms with E-state index in [1.165, 1.54) is 18.2 Å². The Morgan fingerprint density at radius 1 is 0.767 bits per heavy atom. The third kappa shape index (κ3) is 4.25. The summed E-state index contributed by atoms with van der Waals surface area (Å²) in [7, 11) is -4.52. The normalized spacial score (nSPS) is 12.8. The molecule has 1 aliphatic carbocycles. The fourth-order valence-corrected chi connectivity index (χ4v) is 3.46. The van der Waals surface area contributed by atoms with Crippen molar-refractivity contribution in [1.29, 1.82) is 0 Å². The minimum atomic E-state index is -4.52. The second-order valence-electron chi connectivity index (χ2n) is 6.22. The number of fused-ring (bicyclic) bond motifs is 2. The number of rotatable bonds is 4. The van der Waals surface area contributed by atoms with E-state index >= 15 is 0 Å². The topological polar surface area (TPSA) is 128 Å². The molecule has 0 aromatic heterocycles. The Bertz CT molecular complexity index is 1290. The Hall–Kier alpha value is -2.69. The predicted molar refractivity (Wildman–Crippen MR) is 102 cm³/mol. The van der Waals surface area contributed by atoms with Gasteiger partial charge in [-0.3, -0.25) is 15.0 Å². The number of ketones is 2. The van der Waals surface area contributed by atoms with Crippen LogP contribution in [0.5, 0.6) is 0 Å². The largest absolute Gasteiger partial charge is 1.00 e. The maximum Gasteiger partial charge on any atom is 1.00 e. The van der Waals surface area contributed by atoms with Gasteiger partial charge in [-0.05, 0) is 42.5 Å². The van der Waals surface area contributed by atoms with E-state index in [2.05, 4.69) is 15.8 Å². The predicted octanol–water partition coefficient (Wildman–Crippen LogP) is 0.481. The van der Waals surface area contributed by atoms with Crippen LogP contribution < -0.4 is 35.0 Å². The summed E-state index contributed by atoms with van der Waals surface area (Å²) in [5.41, 5.74) is 4.78. The van der Waals surface area contributed by atoms with Gasteiger partial charge >= 0.3 is 29.6 Å². The van der Waals surface area contributed by atoms with Gasteiger partial charge in [-0.2, -0.15) is 0 Å². The molecular weight excluding hydrogens is 417 g/mol. The first-order valence-corrected chi connectivity index (χ1v) is 9.80. The molecule has 0 fully saturated rings. The van der Waals surface area contributed by atoms with E-state index in [0.717, 1.165) is 12.1 Å². The maximum absolute atomic E-state index is 12.7. The van der Waals surface area contributed by atoms with Gasteiger partial charge in [0.15, 0.2) is 11.6 Å². The third-order valence-electron chi connectivity index (χ3n) is 4.40. The summed E-state index contributed by atoms with van der Waals surface area (Å²) in [5.74, 6) is -0.456. The van der Waals surface area contributed by atoms with E-state index < -0.39 is 10.1 Å². The van der Waals surface area contributed by atoms with Gasteiger partial charge < -0.3 is 4.55 Å². The molecule has 3 aromatic carbocycles. The van der Waals surface area contributed by atoms with Crippen LogP contribution in [0.15, 0.2) is 82.0 Å². The number of hydrogen-bond donors (Lipinski definition) is 1. The number of benzene rings is 3. The molecule has 0 unspecified atom stereocenters. The summed E-state index contributed by atoms with van der Waals surface area (Å²) in [5, 5.41) is 7.66. The summed E-state index contributed by atoms with van der Waals surface area (Å²) in [4.78, 5) is 24.9. The van der Waals surface area contributed by atoms with Gasteiger partial charge in [0.05, 0.1) is 16.3 Å². The van der Waals surface area contributed by atoms with Crippen molar-refractivity contribution in [2.75, 3.05) is 5.43 Å². The van der Waals surface area contributed by atoms with Crippen LogP contribution in [0.1, 0.15) is 31.8 Å². The summed E-state index contributed by atoms with van der Waals surface area (Å²) in [6.07, 6.45) is 0. The third-order valence-corrected chi connectivity index (χ3v) is 5.24. The Morgan fingerprint density at radius 3 is 1.93 bits per heavy atom. The van der Waals surface area contributed by atoms with E-state index in [4.69, 9.17) is 0 Å². The van der Waals surface area contributed by atoms with Crippen molar-refractivity contribution in [2.24, 2.45) is 10.3 Å². The van der Waals surface area contributed by atoms with E-state index in [9.17, 15) is 22.6 Å². The van der Waals surface area contributed by atoms with Crippen LogP contribution in [0.25, 0.3) is 0 Å². The monoisotopic (exact) mass is 429 g/mol. The number of carbonyl (C=O) groups is 2. The van der Waals surface area contributed by atoms with E-state index in [1.54, 1.807) is 36.4 Å². The van der Waals surface area contributed by atoms with Crippen LogP contribution >= 0.6 is 0 Å². The second-order valence-corrected chi connectivity index (χ2v) is 7.60. The summed E-state index contributed by atoms with van der Waals surface area (Å²) in [6.45, 7) is 0. The fourth-order valence-electron chi connectivity index (χ4n) is 2.99. The van der Waals surface area contributed by atoms with Gasteiger partial charge in [-0.25, -0.2) is 8.42 Å². The zero-order chi connectivity index (χ0) is 20.6. The van der Waals surface area contributed by atoms with Crippen LogP contribution in [0.3, 0.4) is 0 Å². The quantitative estimate of drug-likeness (QED) is 0.218. The van der Waals surface area contributed by atoms with Crippen molar-refractivity contribution in [3.8, 4) is 0 Å². The molecule has 10 heteroatoms. The van der Waals surface area contributed by atoms with Gasteiger partial charge in [-0.1, -0.05) is 29.5 Å². The second kappa shape index (κ2) is 8.58. The molecule has 4 rings (SSSR count). The zero-order valence-corrected chi connectivity index (χ0v) is 18.5. The van der Waals surface area contributed by atoms with Crippen molar-refractivity contribution in [3.63, 3.8) is 0 Å². The molecule has 0 radical (unpaired) electrons. The Balaban J connectivity index is 0.00000256.